The van der Waals surface area contributed by atoms with Crippen LogP contribution >= 0.6 is 0 Å². The smallest absolute Gasteiger partial charge is 0.226 e. The number of ketones is 2. The molecule has 1 spiro atoms. The molecule has 0 amide bonds. The summed E-state index contributed by atoms with van der Waals surface area (Å²) in [5, 5.41) is 0. The van der Waals surface area contributed by atoms with Crippen LogP contribution in [0.15, 0.2) is 23.4 Å². The Morgan fingerprint density at radius 2 is 1.82 bits per heavy atom. The molecule has 4 fully saturated rings. The summed E-state index contributed by atoms with van der Waals surface area (Å²) >= 11 is 0. The van der Waals surface area contributed by atoms with Crippen LogP contribution < -0.4 is 0 Å². The van der Waals surface area contributed by atoms with Crippen LogP contribution in [-0.2, 0) is 14.3 Å². The summed E-state index contributed by atoms with van der Waals surface area (Å²) in [7, 11) is 0. The topological polar surface area (TPSA) is 47.7 Å². The third-order valence-corrected chi connectivity index (χ3v) is 11.5. The van der Waals surface area contributed by atoms with E-state index in [9.17, 15) is 9.59 Å². The first kappa shape index (κ1) is 21.8. The fourth-order valence-electron chi connectivity index (χ4n) is 9.48. The standard InChI is InChI=1S/C29H37NO3/c1-16-8-10-29(11-9-16)17(2)26-24(33-29)13-21-19-7-6-18-12-23(31)22(30-5)15-27(18,3)20(19)14-25(32)28(21,26)4/h14-19,21,24,26H,6-13H2,1-4H3/t16?,17?,18?,19?,21?,24?,26?,27-,28+,29?/m0/s1. The van der Waals surface area contributed by atoms with Gasteiger partial charge < -0.3 is 9.53 Å². The number of carbonyl (C=O) groups excluding carboxylic acids is 2. The lowest BCUT2D eigenvalue weighted by Crippen LogP contribution is -2.52. The number of Topliss-reactive ketones (excluding diaryl/α,β-unsaturated/α-hetero) is 1. The molecule has 3 saturated carbocycles. The van der Waals surface area contributed by atoms with Gasteiger partial charge in [-0.05, 0) is 80.6 Å². The second-order valence-electron chi connectivity index (χ2n) is 12.7. The third-order valence-electron chi connectivity index (χ3n) is 11.5. The number of allylic oxidation sites excluding steroid dienone is 4. The zero-order valence-electron chi connectivity index (χ0n) is 20.5. The Kier molecular flexibility index (Phi) is 4.56. The average Bonchev–Trinajstić information content (AvgIpc) is 3.23. The van der Waals surface area contributed by atoms with Crippen LogP contribution in [0.4, 0.5) is 0 Å². The summed E-state index contributed by atoms with van der Waals surface area (Å²) in [5.41, 5.74) is 0.739. The third kappa shape index (κ3) is 2.67. The van der Waals surface area contributed by atoms with E-state index in [2.05, 4.69) is 32.5 Å². The maximum Gasteiger partial charge on any atom is 0.226 e. The molecule has 1 heterocycles. The van der Waals surface area contributed by atoms with Gasteiger partial charge in [0.05, 0.1) is 18.3 Å². The van der Waals surface area contributed by atoms with E-state index in [0.29, 0.717) is 30.1 Å². The Labute approximate surface area is 198 Å². The molecule has 8 atom stereocenters. The van der Waals surface area contributed by atoms with Crippen molar-refractivity contribution in [2.45, 2.75) is 90.8 Å². The first-order valence-corrected chi connectivity index (χ1v) is 13.2. The van der Waals surface area contributed by atoms with E-state index in [0.717, 1.165) is 38.0 Å². The lowest BCUT2D eigenvalue weighted by molar-refractivity contribution is -0.132. The number of hydrogen-bond donors (Lipinski definition) is 0. The first-order valence-electron chi connectivity index (χ1n) is 13.2. The molecule has 4 heteroatoms. The molecule has 4 nitrogen and oxygen atoms in total. The summed E-state index contributed by atoms with van der Waals surface area (Å²) < 4.78 is 6.97. The van der Waals surface area contributed by atoms with E-state index in [4.69, 9.17) is 11.3 Å². The summed E-state index contributed by atoms with van der Waals surface area (Å²) in [6, 6.07) is 0. The van der Waals surface area contributed by atoms with Crippen molar-refractivity contribution in [3.8, 4) is 0 Å². The number of rotatable bonds is 0. The SMILES string of the molecule is [C-]#[N+]C1=C[C@]2(C)C3=CC(=O)[C@@]4(C)C(CC5OC6(CCC(C)CC6)C(C)C54)C3CCC2CC1=O. The van der Waals surface area contributed by atoms with Crippen LogP contribution in [0, 0.1) is 52.9 Å². The highest BCUT2D eigenvalue weighted by Crippen LogP contribution is 2.69. The summed E-state index contributed by atoms with van der Waals surface area (Å²) in [4.78, 5) is 30.0. The average molecular weight is 448 g/mol. The Hall–Kier alpha value is -1.73. The van der Waals surface area contributed by atoms with Gasteiger partial charge in [0.1, 0.15) is 0 Å². The molecule has 5 aliphatic carbocycles. The lowest BCUT2D eigenvalue weighted by Gasteiger charge is -2.54. The van der Waals surface area contributed by atoms with Crippen molar-refractivity contribution in [2.24, 2.45) is 46.3 Å². The maximum atomic E-state index is 14.0. The highest BCUT2D eigenvalue weighted by molar-refractivity contribution is 6.00. The van der Waals surface area contributed by atoms with Crippen LogP contribution in [0.3, 0.4) is 0 Å². The highest BCUT2D eigenvalue weighted by atomic mass is 16.5. The van der Waals surface area contributed by atoms with Crippen molar-refractivity contribution < 1.29 is 14.3 Å². The molecule has 0 aromatic heterocycles. The molecule has 6 unspecified atom stereocenters. The second-order valence-corrected chi connectivity index (χ2v) is 12.7. The predicted octanol–water partition coefficient (Wildman–Crippen LogP) is 5.93. The number of ether oxygens (including phenoxy) is 1. The van der Waals surface area contributed by atoms with Crippen molar-refractivity contribution >= 4 is 11.6 Å². The van der Waals surface area contributed by atoms with E-state index in [-0.39, 0.29) is 45.7 Å². The molecule has 0 radical (unpaired) electrons. The summed E-state index contributed by atoms with van der Waals surface area (Å²) in [6.45, 7) is 16.6. The fourth-order valence-corrected chi connectivity index (χ4v) is 9.48. The molecule has 33 heavy (non-hydrogen) atoms. The fraction of sp³-hybridized carbons (Fsp3) is 0.759. The van der Waals surface area contributed by atoms with E-state index in [1.54, 1.807) is 0 Å². The molecule has 1 aliphatic heterocycles. The molecule has 0 aromatic carbocycles. The van der Waals surface area contributed by atoms with Gasteiger partial charge in [-0.1, -0.05) is 39.3 Å². The van der Waals surface area contributed by atoms with Gasteiger partial charge in [-0.25, -0.2) is 4.85 Å². The number of hydrogen-bond acceptors (Lipinski definition) is 3. The highest BCUT2D eigenvalue weighted by Gasteiger charge is 2.69. The zero-order valence-corrected chi connectivity index (χ0v) is 20.5. The van der Waals surface area contributed by atoms with Crippen molar-refractivity contribution in [2.75, 3.05) is 0 Å². The minimum Gasteiger partial charge on any atom is -0.371 e. The Bertz CT molecular complexity index is 1020. The van der Waals surface area contributed by atoms with E-state index in [1.807, 2.05) is 12.2 Å². The van der Waals surface area contributed by atoms with Crippen LogP contribution in [-0.4, -0.2) is 23.3 Å². The maximum absolute atomic E-state index is 14.0. The molecular formula is C29H37NO3. The Balaban J connectivity index is 1.38. The van der Waals surface area contributed by atoms with Gasteiger partial charge in [0.15, 0.2) is 11.6 Å². The van der Waals surface area contributed by atoms with Crippen LogP contribution in [0.25, 0.3) is 4.85 Å². The van der Waals surface area contributed by atoms with Crippen LogP contribution in [0.2, 0.25) is 0 Å². The molecule has 0 bridgehead atoms. The minimum absolute atomic E-state index is 0.0248. The van der Waals surface area contributed by atoms with Crippen LogP contribution in [0.5, 0.6) is 0 Å². The molecule has 0 aromatic rings. The monoisotopic (exact) mass is 447 g/mol. The second kappa shape index (κ2) is 6.91. The van der Waals surface area contributed by atoms with E-state index >= 15 is 0 Å². The quantitative estimate of drug-likeness (QED) is 0.432. The largest absolute Gasteiger partial charge is 0.371 e. The Morgan fingerprint density at radius 3 is 2.52 bits per heavy atom. The minimum atomic E-state index is -0.356. The number of nitrogens with zero attached hydrogens (tertiary/aromatic N) is 1. The molecule has 176 valence electrons. The van der Waals surface area contributed by atoms with Gasteiger partial charge in [0.2, 0.25) is 5.70 Å². The molecule has 6 rings (SSSR count). The normalized spacial score (nSPS) is 52.9. The Morgan fingerprint density at radius 1 is 1.09 bits per heavy atom. The number of carbonyl (C=O) groups is 2. The molecular weight excluding hydrogens is 410 g/mol. The molecule has 6 aliphatic rings. The first-order chi connectivity index (χ1) is 15.6. The van der Waals surface area contributed by atoms with Gasteiger partial charge in [0, 0.05) is 23.2 Å². The van der Waals surface area contributed by atoms with Crippen molar-refractivity contribution in [1.29, 1.82) is 0 Å². The summed E-state index contributed by atoms with van der Waals surface area (Å²) in [5.74, 6) is 2.62. The van der Waals surface area contributed by atoms with Gasteiger partial charge >= 0.3 is 0 Å². The van der Waals surface area contributed by atoms with Gasteiger partial charge in [-0.3, -0.25) is 4.79 Å². The van der Waals surface area contributed by atoms with Gasteiger partial charge in [-0.15, -0.1) is 0 Å². The zero-order chi connectivity index (χ0) is 23.3. The summed E-state index contributed by atoms with van der Waals surface area (Å²) in [6.07, 6.45) is 12.3. The van der Waals surface area contributed by atoms with Gasteiger partial charge in [0.25, 0.3) is 0 Å². The molecule has 1 saturated heterocycles. The van der Waals surface area contributed by atoms with Crippen molar-refractivity contribution in [1.82, 2.24) is 0 Å². The molecule has 0 N–H and O–H groups in total. The van der Waals surface area contributed by atoms with E-state index in [1.165, 1.54) is 18.4 Å². The predicted molar refractivity (Wildman–Crippen MR) is 126 cm³/mol. The van der Waals surface area contributed by atoms with Gasteiger partial charge in [-0.2, -0.15) is 0 Å². The van der Waals surface area contributed by atoms with Crippen LogP contribution in [0.1, 0.15) is 79.1 Å². The lowest BCUT2D eigenvalue weighted by atomic mass is 9.49. The van der Waals surface area contributed by atoms with Crippen molar-refractivity contribution in [3.05, 3.63) is 34.8 Å². The van der Waals surface area contributed by atoms with E-state index < -0.39 is 0 Å². The number of fused-ring (bicyclic) bond motifs is 7. The van der Waals surface area contributed by atoms with Crippen molar-refractivity contribution in [3.63, 3.8) is 0 Å².